The average molecular weight is 405 g/mol. The number of benzene rings is 1. The SMILES string of the molecule is CCNC(=NC)Nc1nc(-c2cccc(-c3cccc(C(F)(F)F)c3)n2)cs1. The van der Waals surface area contributed by atoms with Crippen molar-refractivity contribution in [3.05, 3.63) is 53.4 Å². The first-order valence-corrected chi connectivity index (χ1v) is 9.37. The molecule has 0 bridgehead atoms. The molecule has 3 rings (SSSR count). The second-order valence-corrected chi connectivity index (χ2v) is 6.61. The van der Waals surface area contributed by atoms with Crippen LogP contribution >= 0.6 is 11.3 Å². The molecule has 2 N–H and O–H groups in total. The summed E-state index contributed by atoms with van der Waals surface area (Å²) in [5, 5.41) is 8.63. The van der Waals surface area contributed by atoms with E-state index in [-0.39, 0.29) is 0 Å². The van der Waals surface area contributed by atoms with Crippen molar-refractivity contribution >= 4 is 22.4 Å². The highest BCUT2D eigenvalue weighted by Gasteiger charge is 2.30. The molecule has 3 aromatic rings. The van der Waals surface area contributed by atoms with Crippen LogP contribution in [0.4, 0.5) is 18.3 Å². The zero-order chi connectivity index (χ0) is 20.1. The molecule has 9 heteroatoms. The first kappa shape index (κ1) is 19.8. The Balaban J connectivity index is 1.87. The monoisotopic (exact) mass is 405 g/mol. The maximum absolute atomic E-state index is 13.0. The molecule has 0 aliphatic rings. The molecule has 0 aliphatic heterocycles. The molecule has 0 saturated heterocycles. The van der Waals surface area contributed by atoms with E-state index in [2.05, 4.69) is 25.6 Å². The van der Waals surface area contributed by atoms with Gasteiger partial charge in [-0.1, -0.05) is 18.2 Å². The Morgan fingerprint density at radius 1 is 1.07 bits per heavy atom. The second-order valence-electron chi connectivity index (χ2n) is 5.75. The number of hydrogen-bond donors (Lipinski definition) is 2. The van der Waals surface area contributed by atoms with Gasteiger partial charge < -0.3 is 10.6 Å². The van der Waals surface area contributed by atoms with Crippen LogP contribution in [0.5, 0.6) is 0 Å². The van der Waals surface area contributed by atoms with Gasteiger partial charge in [0.25, 0.3) is 0 Å². The molecule has 1 aromatic carbocycles. The van der Waals surface area contributed by atoms with Crippen molar-refractivity contribution in [1.29, 1.82) is 0 Å². The van der Waals surface area contributed by atoms with Crippen LogP contribution in [0.15, 0.2) is 52.8 Å². The largest absolute Gasteiger partial charge is 0.416 e. The zero-order valence-electron chi connectivity index (χ0n) is 15.2. The number of nitrogens with zero attached hydrogens (tertiary/aromatic N) is 3. The molecule has 28 heavy (non-hydrogen) atoms. The van der Waals surface area contributed by atoms with Gasteiger partial charge in [-0.15, -0.1) is 11.3 Å². The second kappa shape index (κ2) is 8.39. The molecule has 0 spiro atoms. The maximum Gasteiger partial charge on any atom is 0.416 e. The molecular formula is C19H18F3N5S. The highest BCUT2D eigenvalue weighted by atomic mass is 32.1. The van der Waals surface area contributed by atoms with Crippen molar-refractivity contribution in [1.82, 2.24) is 15.3 Å². The number of hydrogen-bond acceptors (Lipinski definition) is 4. The predicted molar refractivity (Wildman–Crippen MR) is 106 cm³/mol. The first-order chi connectivity index (χ1) is 13.4. The van der Waals surface area contributed by atoms with E-state index in [0.29, 0.717) is 33.7 Å². The standard InChI is InChI=1S/C19H18F3N5S/c1-3-24-17(23-2)27-18-26-16(11-28-18)15-9-5-8-14(25-15)12-6-4-7-13(10-12)19(20,21)22/h4-11H,3H2,1-2H3,(H2,23,24,26,27). The summed E-state index contributed by atoms with van der Waals surface area (Å²) in [6, 6.07) is 10.3. The van der Waals surface area contributed by atoms with Gasteiger partial charge in [-0.05, 0) is 31.2 Å². The minimum Gasteiger partial charge on any atom is -0.356 e. The van der Waals surface area contributed by atoms with Crippen LogP contribution < -0.4 is 10.6 Å². The van der Waals surface area contributed by atoms with Crippen LogP contribution in [0, 0.1) is 0 Å². The maximum atomic E-state index is 13.0. The van der Waals surface area contributed by atoms with Gasteiger partial charge >= 0.3 is 6.18 Å². The first-order valence-electron chi connectivity index (χ1n) is 8.49. The van der Waals surface area contributed by atoms with E-state index in [9.17, 15) is 13.2 Å². The molecule has 5 nitrogen and oxygen atoms in total. The van der Waals surface area contributed by atoms with Gasteiger partial charge in [0.05, 0.1) is 17.0 Å². The van der Waals surface area contributed by atoms with Crippen LogP contribution in [0.2, 0.25) is 0 Å². The number of pyridine rings is 1. The molecule has 0 unspecified atom stereocenters. The zero-order valence-corrected chi connectivity index (χ0v) is 16.0. The Hall–Kier alpha value is -2.94. The Labute approximate surface area is 164 Å². The Morgan fingerprint density at radius 2 is 1.82 bits per heavy atom. The van der Waals surface area contributed by atoms with Crippen LogP contribution in [-0.4, -0.2) is 29.5 Å². The van der Waals surface area contributed by atoms with Gasteiger partial charge in [-0.3, -0.25) is 4.99 Å². The summed E-state index contributed by atoms with van der Waals surface area (Å²) in [7, 11) is 1.67. The molecule has 2 heterocycles. The summed E-state index contributed by atoms with van der Waals surface area (Å²) in [5.74, 6) is 0.606. The van der Waals surface area contributed by atoms with Crippen LogP contribution in [0.3, 0.4) is 0 Å². The fourth-order valence-corrected chi connectivity index (χ4v) is 3.19. The van der Waals surface area contributed by atoms with E-state index >= 15 is 0 Å². The summed E-state index contributed by atoms with van der Waals surface area (Å²) in [6.45, 7) is 2.68. The Bertz CT molecular complexity index is 981. The van der Waals surface area contributed by atoms with E-state index < -0.39 is 11.7 Å². The molecular weight excluding hydrogens is 387 g/mol. The third-order valence-electron chi connectivity index (χ3n) is 3.79. The van der Waals surface area contributed by atoms with Crippen molar-refractivity contribution in [2.75, 3.05) is 18.9 Å². The lowest BCUT2D eigenvalue weighted by Crippen LogP contribution is -2.30. The van der Waals surface area contributed by atoms with Crippen molar-refractivity contribution < 1.29 is 13.2 Å². The number of nitrogens with one attached hydrogen (secondary N) is 2. The fourth-order valence-electron chi connectivity index (χ4n) is 2.49. The fraction of sp³-hybridized carbons (Fsp3) is 0.211. The minimum absolute atomic E-state index is 0.401. The van der Waals surface area contributed by atoms with Gasteiger partial charge in [0.15, 0.2) is 11.1 Å². The van der Waals surface area contributed by atoms with Crippen molar-refractivity contribution in [2.45, 2.75) is 13.1 Å². The number of rotatable bonds is 4. The number of halogens is 3. The van der Waals surface area contributed by atoms with Gasteiger partial charge in [-0.25, -0.2) is 9.97 Å². The molecule has 0 amide bonds. The van der Waals surface area contributed by atoms with Crippen LogP contribution in [0.25, 0.3) is 22.6 Å². The quantitative estimate of drug-likeness (QED) is 0.479. The number of anilines is 1. The van der Waals surface area contributed by atoms with E-state index in [0.717, 1.165) is 18.7 Å². The van der Waals surface area contributed by atoms with E-state index in [1.54, 1.807) is 31.3 Å². The van der Waals surface area contributed by atoms with Crippen molar-refractivity contribution in [2.24, 2.45) is 4.99 Å². The summed E-state index contributed by atoms with van der Waals surface area (Å²) in [4.78, 5) is 13.1. The highest BCUT2D eigenvalue weighted by Crippen LogP contribution is 2.32. The molecule has 0 saturated carbocycles. The predicted octanol–water partition coefficient (Wildman–Crippen LogP) is 4.90. The number of aromatic nitrogens is 2. The summed E-state index contributed by atoms with van der Waals surface area (Å²) in [5.41, 5.74) is 1.37. The van der Waals surface area contributed by atoms with Crippen LogP contribution in [0.1, 0.15) is 12.5 Å². The Kier molecular flexibility index (Phi) is 5.93. The van der Waals surface area contributed by atoms with E-state index in [1.165, 1.54) is 17.4 Å². The van der Waals surface area contributed by atoms with Crippen molar-refractivity contribution in [3.8, 4) is 22.6 Å². The summed E-state index contributed by atoms with van der Waals surface area (Å²) >= 11 is 1.39. The lowest BCUT2D eigenvalue weighted by atomic mass is 10.1. The van der Waals surface area contributed by atoms with Crippen LogP contribution in [-0.2, 0) is 6.18 Å². The number of thiazole rings is 1. The molecule has 0 aliphatic carbocycles. The number of aliphatic imine (C=N–C) groups is 1. The molecule has 0 fully saturated rings. The number of guanidine groups is 1. The third-order valence-corrected chi connectivity index (χ3v) is 4.55. The lowest BCUT2D eigenvalue weighted by Gasteiger charge is -2.09. The summed E-state index contributed by atoms with van der Waals surface area (Å²) < 4.78 is 38.9. The van der Waals surface area contributed by atoms with Crippen molar-refractivity contribution in [3.63, 3.8) is 0 Å². The number of alkyl halides is 3. The normalized spacial score (nSPS) is 12.1. The van der Waals surface area contributed by atoms with Gasteiger partial charge in [0.2, 0.25) is 0 Å². The average Bonchev–Trinajstić information content (AvgIpc) is 3.16. The van der Waals surface area contributed by atoms with Gasteiger partial charge in [-0.2, -0.15) is 13.2 Å². The molecule has 0 radical (unpaired) electrons. The third kappa shape index (κ3) is 4.66. The Morgan fingerprint density at radius 3 is 2.54 bits per heavy atom. The summed E-state index contributed by atoms with van der Waals surface area (Å²) in [6.07, 6.45) is -4.39. The van der Waals surface area contributed by atoms with Gasteiger partial charge in [0.1, 0.15) is 5.69 Å². The molecule has 146 valence electrons. The topological polar surface area (TPSA) is 62.2 Å². The van der Waals surface area contributed by atoms with Gasteiger partial charge in [0, 0.05) is 24.5 Å². The molecule has 2 aromatic heterocycles. The van der Waals surface area contributed by atoms with E-state index in [1.807, 2.05) is 12.3 Å². The smallest absolute Gasteiger partial charge is 0.356 e. The molecule has 0 atom stereocenters. The van der Waals surface area contributed by atoms with E-state index in [4.69, 9.17) is 0 Å². The lowest BCUT2D eigenvalue weighted by molar-refractivity contribution is -0.137. The minimum atomic E-state index is -4.39. The highest BCUT2D eigenvalue weighted by molar-refractivity contribution is 7.14.